The number of hydrogen-bond acceptors (Lipinski definition) is 3. The van der Waals surface area contributed by atoms with Crippen molar-refractivity contribution in [2.24, 2.45) is 7.05 Å². The van der Waals surface area contributed by atoms with Crippen LogP contribution in [0.25, 0.3) is 0 Å². The summed E-state index contributed by atoms with van der Waals surface area (Å²) in [4.78, 5) is 4.15. The second kappa shape index (κ2) is 5.54. The zero-order chi connectivity index (χ0) is 13.1. The number of methoxy groups -OCH3 is 1. The van der Waals surface area contributed by atoms with Gasteiger partial charge >= 0.3 is 0 Å². The molecule has 1 N–H and O–H groups in total. The zero-order valence-corrected chi connectivity index (χ0v) is 11.9. The average Bonchev–Trinajstić information content (AvgIpc) is 2.79. The Kier molecular flexibility index (Phi) is 4.04. The van der Waals surface area contributed by atoms with Crippen LogP contribution in [0.4, 0.5) is 0 Å². The first kappa shape index (κ1) is 13.1. The van der Waals surface area contributed by atoms with Crippen LogP contribution >= 0.6 is 15.9 Å². The van der Waals surface area contributed by atoms with Gasteiger partial charge in [-0.1, -0.05) is 15.9 Å². The summed E-state index contributed by atoms with van der Waals surface area (Å²) in [5.41, 5.74) is 1.67. The number of hydrogen-bond donors (Lipinski definition) is 1. The summed E-state index contributed by atoms with van der Waals surface area (Å²) in [5.74, 6) is 0.779. The van der Waals surface area contributed by atoms with Gasteiger partial charge in [-0.15, -0.1) is 0 Å². The van der Waals surface area contributed by atoms with Crippen LogP contribution in [0.2, 0.25) is 0 Å². The first-order valence-electron chi connectivity index (χ1n) is 5.58. The van der Waals surface area contributed by atoms with Crippen molar-refractivity contribution in [3.63, 3.8) is 0 Å². The first-order chi connectivity index (χ1) is 8.60. The Hall–Kier alpha value is -1.33. The van der Waals surface area contributed by atoms with Crippen LogP contribution < -0.4 is 4.74 Å². The summed E-state index contributed by atoms with van der Waals surface area (Å²) in [5, 5.41) is 10.1. The largest absolute Gasteiger partial charge is 0.497 e. The predicted molar refractivity (Wildman–Crippen MR) is 72.6 cm³/mol. The van der Waals surface area contributed by atoms with E-state index in [1.165, 1.54) is 0 Å². The number of aliphatic hydroxyl groups is 1. The predicted octanol–water partition coefficient (Wildman–Crippen LogP) is 2.47. The number of aromatic nitrogens is 2. The highest BCUT2D eigenvalue weighted by molar-refractivity contribution is 9.10. The fourth-order valence-electron chi connectivity index (χ4n) is 1.75. The van der Waals surface area contributed by atoms with E-state index in [1.54, 1.807) is 13.4 Å². The van der Waals surface area contributed by atoms with Gasteiger partial charge in [0.1, 0.15) is 11.9 Å². The lowest BCUT2D eigenvalue weighted by molar-refractivity contribution is 0.173. The molecule has 1 unspecified atom stereocenters. The molecule has 1 atom stereocenters. The molecule has 0 fully saturated rings. The third kappa shape index (κ3) is 2.91. The monoisotopic (exact) mass is 310 g/mol. The molecule has 2 aromatic rings. The molecule has 1 aromatic heterocycles. The maximum atomic E-state index is 10.1. The summed E-state index contributed by atoms with van der Waals surface area (Å²) in [6, 6.07) is 5.70. The van der Waals surface area contributed by atoms with Crippen LogP contribution in [-0.4, -0.2) is 21.8 Å². The number of nitrogens with zero attached hydrogens (tertiary/aromatic N) is 2. The molecule has 96 valence electrons. The van der Waals surface area contributed by atoms with E-state index in [4.69, 9.17) is 4.74 Å². The van der Waals surface area contributed by atoms with E-state index in [1.807, 2.05) is 36.0 Å². The number of rotatable bonds is 4. The van der Waals surface area contributed by atoms with Crippen molar-refractivity contribution in [3.8, 4) is 5.75 Å². The van der Waals surface area contributed by atoms with Gasteiger partial charge in [-0.2, -0.15) is 0 Å². The number of ether oxygens (including phenoxy) is 1. The van der Waals surface area contributed by atoms with Crippen LogP contribution in [0.5, 0.6) is 5.75 Å². The van der Waals surface area contributed by atoms with Gasteiger partial charge < -0.3 is 14.4 Å². The van der Waals surface area contributed by atoms with Crippen LogP contribution in [0.15, 0.2) is 35.2 Å². The molecule has 5 heteroatoms. The molecule has 18 heavy (non-hydrogen) atoms. The van der Waals surface area contributed by atoms with Crippen LogP contribution in [0.3, 0.4) is 0 Å². The minimum atomic E-state index is -0.616. The molecule has 0 spiro atoms. The molecule has 0 aliphatic carbocycles. The zero-order valence-electron chi connectivity index (χ0n) is 10.3. The Morgan fingerprint density at radius 1 is 1.50 bits per heavy atom. The minimum Gasteiger partial charge on any atom is -0.497 e. The molecule has 0 amide bonds. The SMILES string of the molecule is COc1ccc(Br)c(CC(O)c2cn(C)cn2)c1. The van der Waals surface area contributed by atoms with Gasteiger partial charge in [0.15, 0.2) is 0 Å². The first-order valence-corrected chi connectivity index (χ1v) is 6.38. The van der Waals surface area contributed by atoms with E-state index in [2.05, 4.69) is 20.9 Å². The summed E-state index contributed by atoms with van der Waals surface area (Å²) in [7, 11) is 3.51. The van der Waals surface area contributed by atoms with Crippen molar-refractivity contribution < 1.29 is 9.84 Å². The minimum absolute atomic E-state index is 0.495. The van der Waals surface area contributed by atoms with E-state index in [-0.39, 0.29) is 0 Å². The second-order valence-corrected chi connectivity index (χ2v) is 5.00. The molecule has 0 saturated heterocycles. The Morgan fingerprint density at radius 3 is 2.89 bits per heavy atom. The highest BCUT2D eigenvalue weighted by atomic mass is 79.9. The summed E-state index contributed by atoms with van der Waals surface area (Å²) in [6.07, 6.45) is 3.38. The third-order valence-electron chi connectivity index (χ3n) is 2.73. The maximum absolute atomic E-state index is 10.1. The lowest BCUT2D eigenvalue weighted by Gasteiger charge is -2.11. The molecular weight excluding hydrogens is 296 g/mol. The Labute approximate surface area is 114 Å². The normalized spacial score (nSPS) is 12.4. The summed E-state index contributed by atoms with van der Waals surface area (Å²) < 4.78 is 7.95. The van der Waals surface area contributed by atoms with Gasteiger partial charge in [0.25, 0.3) is 0 Å². The number of aliphatic hydroxyl groups excluding tert-OH is 1. The van der Waals surface area contributed by atoms with Crippen LogP contribution in [0.1, 0.15) is 17.4 Å². The van der Waals surface area contributed by atoms with E-state index in [0.29, 0.717) is 12.1 Å². The molecule has 0 bridgehead atoms. The van der Waals surface area contributed by atoms with Gasteiger partial charge in [0, 0.05) is 24.1 Å². The molecule has 0 aliphatic rings. The van der Waals surface area contributed by atoms with Crippen molar-refractivity contribution in [2.75, 3.05) is 7.11 Å². The highest BCUT2D eigenvalue weighted by Crippen LogP contribution is 2.26. The van der Waals surface area contributed by atoms with Crippen molar-refractivity contribution in [2.45, 2.75) is 12.5 Å². The standard InChI is InChI=1S/C13H15BrN2O2/c1-16-7-12(15-8-16)13(17)6-9-5-10(18-2)3-4-11(9)14/h3-5,7-8,13,17H,6H2,1-2H3. The number of aryl methyl sites for hydroxylation is 1. The van der Waals surface area contributed by atoms with Crippen molar-refractivity contribution in [1.29, 1.82) is 0 Å². The Bertz CT molecular complexity index is 540. The fourth-order valence-corrected chi connectivity index (χ4v) is 2.16. The smallest absolute Gasteiger partial charge is 0.119 e. The average molecular weight is 311 g/mol. The lowest BCUT2D eigenvalue weighted by Crippen LogP contribution is -2.03. The number of halogens is 1. The van der Waals surface area contributed by atoms with Crippen LogP contribution in [-0.2, 0) is 13.5 Å². The van der Waals surface area contributed by atoms with Crippen molar-refractivity contribution in [3.05, 3.63) is 46.5 Å². The molecule has 1 heterocycles. The summed E-state index contributed by atoms with van der Waals surface area (Å²) in [6.45, 7) is 0. The van der Waals surface area contributed by atoms with Crippen molar-refractivity contribution in [1.82, 2.24) is 9.55 Å². The molecule has 2 rings (SSSR count). The Balaban J connectivity index is 2.18. The molecule has 1 aromatic carbocycles. The van der Waals surface area contributed by atoms with Gasteiger partial charge in [-0.25, -0.2) is 4.98 Å². The highest BCUT2D eigenvalue weighted by Gasteiger charge is 2.13. The molecular formula is C13H15BrN2O2. The van der Waals surface area contributed by atoms with E-state index in [0.717, 1.165) is 15.8 Å². The quantitative estimate of drug-likeness (QED) is 0.943. The van der Waals surface area contributed by atoms with Gasteiger partial charge in [-0.05, 0) is 23.8 Å². The van der Waals surface area contributed by atoms with Gasteiger partial charge in [0.05, 0.1) is 19.1 Å². The van der Waals surface area contributed by atoms with E-state index in [9.17, 15) is 5.11 Å². The van der Waals surface area contributed by atoms with Gasteiger partial charge in [0.2, 0.25) is 0 Å². The lowest BCUT2D eigenvalue weighted by atomic mass is 10.1. The van der Waals surface area contributed by atoms with Gasteiger partial charge in [-0.3, -0.25) is 0 Å². The summed E-state index contributed by atoms with van der Waals surface area (Å²) >= 11 is 3.47. The topological polar surface area (TPSA) is 47.3 Å². The second-order valence-electron chi connectivity index (χ2n) is 4.14. The number of benzene rings is 1. The van der Waals surface area contributed by atoms with Crippen LogP contribution in [0, 0.1) is 0 Å². The molecule has 4 nitrogen and oxygen atoms in total. The maximum Gasteiger partial charge on any atom is 0.119 e. The van der Waals surface area contributed by atoms with E-state index >= 15 is 0 Å². The fraction of sp³-hybridized carbons (Fsp3) is 0.308. The third-order valence-corrected chi connectivity index (χ3v) is 3.51. The molecule has 0 aliphatic heterocycles. The Morgan fingerprint density at radius 2 is 2.28 bits per heavy atom. The number of imidazole rings is 1. The molecule has 0 saturated carbocycles. The molecule has 0 radical (unpaired) electrons. The van der Waals surface area contributed by atoms with Crippen molar-refractivity contribution >= 4 is 15.9 Å². The van der Waals surface area contributed by atoms with E-state index < -0.39 is 6.10 Å².